The number of rotatable bonds is 0. The van der Waals surface area contributed by atoms with Gasteiger partial charge in [0.2, 0.25) is 0 Å². The molecule has 2 aliphatic rings. The lowest BCUT2D eigenvalue weighted by atomic mass is 10.0. The first kappa shape index (κ1) is 8.53. The molecule has 0 aromatic rings. The van der Waals surface area contributed by atoms with Gasteiger partial charge in [-0.3, -0.25) is 0 Å². The van der Waals surface area contributed by atoms with Crippen LogP contribution in [0.2, 0.25) is 0 Å². The molecule has 2 nitrogen and oxygen atoms in total. The molecular weight excluding hydrogens is 176 g/mol. The van der Waals surface area contributed by atoms with Gasteiger partial charge in [0.1, 0.15) is 6.61 Å². The van der Waals surface area contributed by atoms with Crippen LogP contribution in [0, 0.1) is 0 Å². The summed E-state index contributed by atoms with van der Waals surface area (Å²) in [5.74, 6) is 0.105. The lowest BCUT2D eigenvalue weighted by Gasteiger charge is -2.30. The number of nitrogens with one attached hydrogen (secondary N) is 1. The van der Waals surface area contributed by atoms with Crippen LogP contribution in [0.25, 0.3) is 0 Å². The predicted molar refractivity (Wildman–Crippen MR) is 44.5 cm³/mol. The van der Waals surface area contributed by atoms with Gasteiger partial charge in [-0.05, 0) is 19.1 Å². The maximum atomic E-state index is 13.2. The highest BCUT2D eigenvalue weighted by Gasteiger charge is 2.32. The Balaban J connectivity index is 2.26. The molecule has 1 N–H and O–H groups in total. The second-order valence-corrected chi connectivity index (χ2v) is 3.34. The van der Waals surface area contributed by atoms with Gasteiger partial charge in [0.25, 0.3) is 0 Å². The van der Waals surface area contributed by atoms with Crippen LogP contribution < -0.4 is 5.32 Å². The molecule has 72 valence electrons. The lowest BCUT2D eigenvalue weighted by Crippen LogP contribution is -2.40. The Bertz CT molecular complexity index is 275. The molecule has 1 aliphatic carbocycles. The summed E-state index contributed by atoms with van der Waals surface area (Å²) in [6, 6.07) is 0.145. The normalized spacial score (nSPS) is 37.9. The fourth-order valence-corrected chi connectivity index (χ4v) is 1.46. The van der Waals surface area contributed by atoms with Crippen LogP contribution >= 0.6 is 0 Å². The Morgan fingerprint density at radius 1 is 1.54 bits per heavy atom. The maximum Gasteiger partial charge on any atom is 0.193 e. The van der Waals surface area contributed by atoms with Crippen molar-refractivity contribution in [3.05, 3.63) is 23.6 Å². The summed E-state index contributed by atoms with van der Waals surface area (Å²) in [7, 11) is 0. The third-order valence-electron chi connectivity index (χ3n) is 2.13. The SMILES string of the molecule is CC1COC2=C(C=CC(F)C2F)N1. The van der Waals surface area contributed by atoms with Crippen LogP contribution in [0.5, 0.6) is 0 Å². The second-order valence-electron chi connectivity index (χ2n) is 3.34. The number of hydrogen-bond donors (Lipinski definition) is 1. The van der Waals surface area contributed by atoms with Crippen LogP contribution in [0.4, 0.5) is 8.78 Å². The predicted octanol–water partition coefficient (Wildman–Crippen LogP) is 1.45. The van der Waals surface area contributed by atoms with Crippen molar-refractivity contribution in [3.63, 3.8) is 0 Å². The van der Waals surface area contributed by atoms with Crippen LogP contribution in [0.3, 0.4) is 0 Å². The Hall–Kier alpha value is -1.06. The number of hydrogen-bond acceptors (Lipinski definition) is 2. The highest BCUT2D eigenvalue weighted by Crippen LogP contribution is 2.27. The van der Waals surface area contributed by atoms with Gasteiger partial charge >= 0.3 is 0 Å². The van der Waals surface area contributed by atoms with E-state index in [4.69, 9.17) is 4.74 Å². The molecule has 0 spiro atoms. The largest absolute Gasteiger partial charge is 0.490 e. The van der Waals surface area contributed by atoms with Gasteiger partial charge in [-0.25, -0.2) is 8.78 Å². The van der Waals surface area contributed by atoms with E-state index in [1.807, 2.05) is 6.92 Å². The van der Waals surface area contributed by atoms with Crippen LogP contribution in [0.1, 0.15) is 6.92 Å². The molecule has 13 heavy (non-hydrogen) atoms. The van der Waals surface area contributed by atoms with Crippen molar-refractivity contribution in [2.24, 2.45) is 0 Å². The van der Waals surface area contributed by atoms with Gasteiger partial charge in [0.15, 0.2) is 18.1 Å². The average Bonchev–Trinajstić information content (AvgIpc) is 2.12. The fourth-order valence-electron chi connectivity index (χ4n) is 1.46. The summed E-state index contributed by atoms with van der Waals surface area (Å²) < 4.78 is 31.2. The van der Waals surface area contributed by atoms with Crippen molar-refractivity contribution in [2.45, 2.75) is 25.3 Å². The fraction of sp³-hybridized carbons (Fsp3) is 0.556. The van der Waals surface area contributed by atoms with Crippen molar-refractivity contribution in [1.29, 1.82) is 0 Å². The highest BCUT2D eigenvalue weighted by molar-refractivity contribution is 5.32. The summed E-state index contributed by atoms with van der Waals surface area (Å²) in [4.78, 5) is 0. The van der Waals surface area contributed by atoms with Gasteiger partial charge in [-0.15, -0.1) is 0 Å². The van der Waals surface area contributed by atoms with E-state index in [2.05, 4.69) is 5.32 Å². The number of alkyl halides is 2. The Morgan fingerprint density at radius 2 is 2.31 bits per heavy atom. The Labute approximate surface area is 75.3 Å². The summed E-state index contributed by atoms with van der Waals surface area (Å²) in [6.45, 7) is 2.31. The summed E-state index contributed by atoms with van der Waals surface area (Å²) in [6.07, 6.45) is -0.488. The molecular formula is C9H11F2NO. The average molecular weight is 187 g/mol. The van der Waals surface area contributed by atoms with Crippen molar-refractivity contribution >= 4 is 0 Å². The first-order chi connectivity index (χ1) is 6.18. The van der Waals surface area contributed by atoms with E-state index < -0.39 is 12.3 Å². The molecule has 3 unspecified atom stereocenters. The minimum atomic E-state index is -1.65. The summed E-state index contributed by atoms with van der Waals surface area (Å²) in [5.41, 5.74) is 0.570. The number of ether oxygens (including phenoxy) is 1. The van der Waals surface area contributed by atoms with Gasteiger partial charge in [-0.2, -0.15) is 0 Å². The zero-order valence-electron chi connectivity index (χ0n) is 7.26. The summed E-state index contributed by atoms with van der Waals surface area (Å²) in [5, 5.41) is 3.03. The molecule has 4 heteroatoms. The minimum Gasteiger partial charge on any atom is -0.490 e. The van der Waals surface area contributed by atoms with E-state index in [9.17, 15) is 8.78 Å². The van der Waals surface area contributed by atoms with Gasteiger partial charge in [-0.1, -0.05) is 0 Å². The van der Waals surface area contributed by atoms with Crippen molar-refractivity contribution in [2.75, 3.05) is 6.61 Å². The van der Waals surface area contributed by atoms with Crippen molar-refractivity contribution < 1.29 is 13.5 Å². The standard InChI is InChI=1S/C9H11F2NO/c1-5-4-13-9-7(12-5)3-2-6(10)8(9)11/h2-3,5-6,8,12H,4H2,1H3. The molecule has 1 heterocycles. The lowest BCUT2D eigenvalue weighted by molar-refractivity contribution is 0.0890. The quantitative estimate of drug-likeness (QED) is 0.619. The third-order valence-corrected chi connectivity index (χ3v) is 2.13. The second kappa shape index (κ2) is 3.01. The van der Waals surface area contributed by atoms with Gasteiger partial charge < -0.3 is 10.1 Å². The van der Waals surface area contributed by atoms with E-state index in [0.717, 1.165) is 0 Å². The molecule has 0 amide bonds. The maximum absolute atomic E-state index is 13.2. The molecule has 3 atom stereocenters. The van der Waals surface area contributed by atoms with Gasteiger partial charge in [0, 0.05) is 0 Å². The molecule has 0 fully saturated rings. The molecule has 0 aromatic carbocycles. The highest BCUT2D eigenvalue weighted by atomic mass is 19.2. The molecule has 1 aliphatic heterocycles. The van der Waals surface area contributed by atoms with E-state index in [1.54, 1.807) is 0 Å². The van der Waals surface area contributed by atoms with Crippen LogP contribution in [-0.4, -0.2) is 25.0 Å². The van der Waals surface area contributed by atoms with E-state index in [1.165, 1.54) is 12.2 Å². The van der Waals surface area contributed by atoms with Crippen LogP contribution in [-0.2, 0) is 4.74 Å². The molecule has 0 radical (unpaired) electrons. The van der Waals surface area contributed by atoms with Crippen molar-refractivity contribution in [3.8, 4) is 0 Å². The number of halogens is 2. The Kier molecular flexibility index (Phi) is 1.98. The molecule has 0 bridgehead atoms. The van der Waals surface area contributed by atoms with Crippen LogP contribution in [0.15, 0.2) is 23.6 Å². The zero-order valence-corrected chi connectivity index (χ0v) is 7.26. The van der Waals surface area contributed by atoms with Gasteiger partial charge in [0.05, 0.1) is 11.7 Å². The zero-order chi connectivity index (χ0) is 9.42. The van der Waals surface area contributed by atoms with E-state index in [-0.39, 0.29) is 11.8 Å². The number of allylic oxidation sites excluding steroid dienone is 3. The first-order valence-electron chi connectivity index (χ1n) is 4.28. The summed E-state index contributed by atoms with van der Waals surface area (Å²) >= 11 is 0. The van der Waals surface area contributed by atoms with Crippen molar-refractivity contribution in [1.82, 2.24) is 5.32 Å². The smallest absolute Gasteiger partial charge is 0.193 e. The molecule has 0 saturated heterocycles. The van der Waals surface area contributed by atoms with E-state index >= 15 is 0 Å². The monoisotopic (exact) mass is 187 g/mol. The molecule has 2 rings (SSSR count). The minimum absolute atomic E-state index is 0.105. The Morgan fingerprint density at radius 3 is 3.08 bits per heavy atom. The van der Waals surface area contributed by atoms with E-state index in [0.29, 0.717) is 12.3 Å². The topological polar surface area (TPSA) is 21.3 Å². The third kappa shape index (κ3) is 1.41. The molecule has 0 aromatic heterocycles. The first-order valence-corrected chi connectivity index (χ1v) is 4.28. The molecule has 0 saturated carbocycles.